The molecular formula is C24H22F3N3O3S. The lowest BCUT2D eigenvalue weighted by Crippen LogP contribution is -2.44. The highest BCUT2D eigenvalue weighted by Crippen LogP contribution is 2.32. The van der Waals surface area contributed by atoms with Crippen molar-refractivity contribution in [2.75, 3.05) is 7.11 Å². The van der Waals surface area contributed by atoms with Gasteiger partial charge in [0.05, 0.1) is 24.9 Å². The van der Waals surface area contributed by atoms with Crippen LogP contribution < -0.4 is 10.1 Å². The van der Waals surface area contributed by atoms with Crippen LogP contribution in [0.15, 0.2) is 53.9 Å². The molecule has 3 amide bonds. The van der Waals surface area contributed by atoms with E-state index >= 15 is 0 Å². The third kappa shape index (κ3) is 4.91. The van der Waals surface area contributed by atoms with Crippen molar-refractivity contribution < 1.29 is 27.5 Å². The van der Waals surface area contributed by atoms with Crippen molar-refractivity contribution >= 4 is 23.3 Å². The monoisotopic (exact) mass is 489 g/mol. The first-order chi connectivity index (χ1) is 16.1. The number of aromatic nitrogens is 1. The summed E-state index contributed by atoms with van der Waals surface area (Å²) in [5.74, 6) is 0.403. The Bertz CT molecular complexity index is 1190. The minimum Gasteiger partial charge on any atom is -0.497 e. The van der Waals surface area contributed by atoms with Crippen LogP contribution in [0.2, 0.25) is 0 Å². The molecule has 1 N–H and O–H groups in total. The molecule has 10 heteroatoms. The summed E-state index contributed by atoms with van der Waals surface area (Å²) in [6, 6.07) is 11.7. The molecule has 0 bridgehead atoms. The molecule has 1 fully saturated rings. The lowest BCUT2D eigenvalue weighted by molar-refractivity contribution is -0.137. The number of carbonyl (C=O) groups excluding carboxylic acids is 2. The first-order valence-electron chi connectivity index (χ1n) is 10.5. The molecule has 2 heterocycles. The smallest absolute Gasteiger partial charge is 0.416 e. The van der Waals surface area contributed by atoms with Crippen molar-refractivity contribution in [1.29, 1.82) is 0 Å². The Labute approximate surface area is 198 Å². The molecular weight excluding hydrogens is 467 g/mol. The second-order valence-corrected chi connectivity index (χ2v) is 9.08. The SMILES string of the molecule is COc1ccc(CCC2(C)NC(=O)N(Cc3csc(-c4ccc(C(F)(F)F)cc4)n3)C2=O)cc1. The largest absolute Gasteiger partial charge is 0.497 e. The number of urea groups is 1. The summed E-state index contributed by atoms with van der Waals surface area (Å²) in [5.41, 5.74) is 0.265. The van der Waals surface area contributed by atoms with Crippen molar-refractivity contribution in [2.45, 2.75) is 38.0 Å². The number of amides is 3. The number of carbonyl (C=O) groups is 2. The van der Waals surface area contributed by atoms with E-state index in [1.165, 1.54) is 23.5 Å². The summed E-state index contributed by atoms with van der Waals surface area (Å²) in [6.45, 7) is 1.69. The summed E-state index contributed by atoms with van der Waals surface area (Å²) < 4.78 is 43.5. The number of rotatable bonds is 7. The Hall–Kier alpha value is -3.40. The Morgan fingerprint density at radius 2 is 1.76 bits per heavy atom. The van der Waals surface area contributed by atoms with Crippen LogP contribution in [0, 0.1) is 0 Å². The topological polar surface area (TPSA) is 71.5 Å². The number of methoxy groups -OCH3 is 1. The Morgan fingerprint density at radius 3 is 2.38 bits per heavy atom. The molecule has 6 nitrogen and oxygen atoms in total. The van der Waals surface area contributed by atoms with Gasteiger partial charge in [0.1, 0.15) is 16.3 Å². The van der Waals surface area contributed by atoms with E-state index < -0.39 is 23.3 Å². The van der Waals surface area contributed by atoms with E-state index in [1.54, 1.807) is 19.4 Å². The first kappa shape index (κ1) is 23.7. The number of hydrogen-bond donors (Lipinski definition) is 1. The van der Waals surface area contributed by atoms with Crippen LogP contribution in [-0.2, 0) is 23.9 Å². The van der Waals surface area contributed by atoms with Crippen LogP contribution in [0.4, 0.5) is 18.0 Å². The second-order valence-electron chi connectivity index (χ2n) is 8.22. The van der Waals surface area contributed by atoms with Gasteiger partial charge in [-0.15, -0.1) is 11.3 Å². The van der Waals surface area contributed by atoms with E-state index in [0.29, 0.717) is 29.1 Å². The van der Waals surface area contributed by atoms with Crippen molar-refractivity contribution in [1.82, 2.24) is 15.2 Å². The molecule has 1 atom stereocenters. The minimum absolute atomic E-state index is 0.0140. The average Bonchev–Trinajstić information content (AvgIpc) is 3.36. The van der Waals surface area contributed by atoms with Gasteiger partial charge < -0.3 is 10.1 Å². The number of nitrogens with zero attached hydrogens (tertiary/aromatic N) is 2. The van der Waals surface area contributed by atoms with E-state index in [1.807, 2.05) is 24.3 Å². The van der Waals surface area contributed by atoms with Gasteiger partial charge in [-0.1, -0.05) is 24.3 Å². The average molecular weight is 490 g/mol. The maximum absolute atomic E-state index is 13.1. The molecule has 4 rings (SSSR count). The van der Waals surface area contributed by atoms with E-state index in [9.17, 15) is 22.8 Å². The fraction of sp³-hybridized carbons (Fsp3) is 0.292. The summed E-state index contributed by atoms with van der Waals surface area (Å²) in [7, 11) is 1.59. The molecule has 1 aliphatic rings. The molecule has 1 saturated heterocycles. The molecule has 1 aliphatic heterocycles. The van der Waals surface area contributed by atoms with Crippen molar-refractivity contribution in [3.63, 3.8) is 0 Å². The van der Waals surface area contributed by atoms with Gasteiger partial charge in [-0.3, -0.25) is 9.69 Å². The lowest BCUT2D eigenvalue weighted by atomic mass is 9.93. The van der Waals surface area contributed by atoms with E-state index in [4.69, 9.17) is 4.74 Å². The normalized spacial score (nSPS) is 18.3. The number of nitrogens with one attached hydrogen (secondary N) is 1. The number of aryl methyl sites for hydroxylation is 1. The van der Waals surface area contributed by atoms with Crippen LogP contribution in [-0.4, -0.2) is 34.5 Å². The van der Waals surface area contributed by atoms with Gasteiger partial charge in [0.25, 0.3) is 5.91 Å². The summed E-state index contributed by atoms with van der Waals surface area (Å²) >= 11 is 1.24. The van der Waals surface area contributed by atoms with Crippen molar-refractivity contribution in [3.05, 3.63) is 70.7 Å². The summed E-state index contributed by atoms with van der Waals surface area (Å²) in [6.07, 6.45) is -3.39. The van der Waals surface area contributed by atoms with Gasteiger partial charge in [0.2, 0.25) is 0 Å². The zero-order valence-electron chi connectivity index (χ0n) is 18.5. The van der Waals surface area contributed by atoms with Crippen LogP contribution in [0.1, 0.15) is 30.2 Å². The molecule has 1 unspecified atom stereocenters. The van der Waals surface area contributed by atoms with Gasteiger partial charge in [0, 0.05) is 10.9 Å². The third-order valence-electron chi connectivity index (χ3n) is 5.75. The van der Waals surface area contributed by atoms with E-state index in [-0.39, 0.29) is 12.5 Å². The highest BCUT2D eigenvalue weighted by Gasteiger charge is 2.47. The van der Waals surface area contributed by atoms with Crippen molar-refractivity contribution in [2.24, 2.45) is 0 Å². The Kier molecular flexibility index (Phi) is 6.35. The molecule has 0 aliphatic carbocycles. The van der Waals surface area contributed by atoms with Gasteiger partial charge in [-0.25, -0.2) is 9.78 Å². The Balaban J connectivity index is 1.41. The quantitative estimate of drug-likeness (QED) is 0.459. The number of ether oxygens (including phenoxy) is 1. The predicted molar refractivity (Wildman–Crippen MR) is 121 cm³/mol. The molecule has 34 heavy (non-hydrogen) atoms. The van der Waals surface area contributed by atoms with Crippen molar-refractivity contribution in [3.8, 4) is 16.3 Å². The van der Waals surface area contributed by atoms with Crippen LogP contribution in [0.25, 0.3) is 10.6 Å². The summed E-state index contributed by atoms with van der Waals surface area (Å²) in [4.78, 5) is 31.2. The molecule has 0 saturated carbocycles. The number of alkyl halides is 3. The fourth-order valence-corrected chi connectivity index (χ4v) is 4.54. The second kappa shape index (κ2) is 9.09. The molecule has 2 aromatic carbocycles. The number of hydrogen-bond acceptors (Lipinski definition) is 5. The predicted octanol–water partition coefficient (Wildman–Crippen LogP) is 5.28. The third-order valence-corrected chi connectivity index (χ3v) is 6.69. The highest BCUT2D eigenvalue weighted by molar-refractivity contribution is 7.13. The molecule has 3 aromatic rings. The molecule has 0 radical (unpaired) electrons. The number of imide groups is 1. The molecule has 0 spiro atoms. The van der Waals surface area contributed by atoms with E-state index in [0.717, 1.165) is 28.3 Å². The number of halogens is 3. The first-order valence-corrected chi connectivity index (χ1v) is 11.4. The van der Waals surface area contributed by atoms with E-state index in [2.05, 4.69) is 10.3 Å². The molecule has 1 aromatic heterocycles. The van der Waals surface area contributed by atoms with Gasteiger partial charge in [-0.2, -0.15) is 13.2 Å². The zero-order valence-corrected chi connectivity index (χ0v) is 19.3. The van der Waals surface area contributed by atoms with Gasteiger partial charge in [0.15, 0.2) is 0 Å². The van der Waals surface area contributed by atoms with Crippen LogP contribution >= 0.6 is 11.3 Å². The van der Waals surface area contributed by atoms with Crippen LogP contribution in [0.3, 0.4) is 0 Å². The highest BCUT2D eigenvalue weighted by atomic mass is 32.1. The van der Waals surface area contributed by atoms with Gasteiger partial charge >= 0.3 is 12.2 Å². The zero-order chi connectivity index (χ0) is 24.5. The maximum Gasteiger partial charge on any atom is 0.416 e. The van der Waals surface area contributed by atoms with Crippen LogP contribution in [0.5, 0.6) is 5.75 Å². The fourth-order valence-electron chi connectivity index (χ4n) is 3.72. The minimum atomic E-state index is -4.41. The maximum atomic E-state index is 13.1. The Morgan fingerprint density at radius 1 is 1.09 bits per heavy atom. The lowest BCUT2D eigenvalue weighted by Gasteiger charge is -2.21. The number of benzene rings is 2. The summed E-state index contributed by atoms with van der Waals surface area (Å²) in [5, 5.41) is 4.99. The van der Waals surface area contributed by atoms with Gasteiger partial charge in [-0.05, 0) is 49.6 Å². The standard InChI is InChI=1S/C24H22F3N3O3S/c1-23(12-11-15-3-9-19(33-2)10-4-15)21(31)30(22(32)29-23)13-18-14-34-20(28-18)16-5-7-17(8-6-16)24(25,26)27/h3-10,14H,11-13H2,1-2H3,(H,29,32). The molecule has 178 valence electrons. The number of thiazole rings is 1.